The number of benzene rings is 1. The molecule has 2 heterocycles. The molecule has 0 aromatic heterocycles. The molecule has 3 rings (SSSR count). The highest BCUT2D eigenvalue weighted by Crippen LogP contribution is 2.37. The highest BCUT2D eigenvalue weighted by molar-refractivity contribution is 8.00. The van der Waals surface area contributed by atoms with Crippen molar-refractivity contribution in [2.24, 2.45) is 5.41 Å². The number of nitrogens with zero attached hydrogens (tertiary/aromatic N) is 1. The monoisotopic (exact) mass is 318 g/mol. The van der Waals surface area contributed by atoms with Crippen LogP contribution in [0.2, 0.25) is 0 Å². The predicted molar refractivity (Wildman–Crippen MR) is 92.2 cm³/mol. The van der Waals surface area contributed by atoms with Gasteiger partial charge in [0.2, 0.25) is 5.91 Å². The Morgan fingerprint density at radius 3 is 2.50 bits per heavy atom. The highest BCUT2D eigenvalue weighted by Gasteiger charge is 2.38. The zero-order chi connectivity index (χ0) is 15.6. The normalized spacial score (nSPS) is 22.0. The Kier molecular flexibility index (Phi) is 4.79. The number of rotatable bonds is 3. The van der Waals surface area contributed by atoms with E-state index in [9.17, 15) is 4.79 Å². The molecule has 3 nitrogen and oxygen atoms in total. The number of carbonyl (C=O) groups excluding carboxylic acids is 1. The van der Waals surface area contributed by atoms with E-state index in [0.717, 1.165) is 39.0 Å². The minimum absolute atomic E-state index is 0.00143. The smallest absolute Gasteiger partial charge is 0.235 e. The van der Waals surface area contributed by atoms with Crippen LogP contribution in [0.25, 0.3) is 0 Å². The van der Waals surface area contributed by atoms with Gasteiger partial charge in [-0.2, -0.15) is 0 Å². The summed E-state index contributed by atoms with van der Waals surface area (Å²) in [6, 6.07) is 8.44. The van der Waals surface area contributed by atoms with Gasteiger partial charge in [0.1, 0.15) is 0 Å². The largest absolute Gasteiger partial charge is 0.342 e. The molecule has 1 aromatic carbocycles. The van der Waals surface area contributed by atoms with Crippen LogP contribution in [-0.4, -0.2) is 42.2 Å². The molecule has 0 bridgehead atoms. The van der Waals surface area contributed by atoms with Crippen molar-refractivity contribution in [3.63, 3.8) is 0 Å². The molecule has 2 aliphatic heterocycles. The average molecular weight is 318 g/mol. The van der Waals surface area contributed by atoms with Crippen LogP contribution in [0.3, 0.4) is 0 Å². The summed E-state index contributed by atoms with van der Waals surface area (Å²) in [5, 5.41) is 3.48. The summed E-state index contributed by atoms with van der Waals surface area (Å²) in [5.41, 5.74) is 1.74. The van der Waals surface area contributed by atoms with Crippen molar-refractivity contribution in [2.45, 2.75) is 43.3 Å². The van der Waals surface area contributed by atoms with Crippen LogP contribution in [0.4, 0.5) is 0 Å². The molecule has 1 N–H and O–H groups in total. The van der Waals surface area contributed by atoms with Gasteiger partial charge in [-0.15, -0.1) is 11.8 Å². The van der Waals surface area contributed by atoms with Crippen molar-refractivity contribution in [1.29, 1.82) is 0 Å². The Morgan fingerprint density at radius 1 is 1.23 bits per heavy atom. The van der Waals surface area contributed by atoms with Crippen LogP contribution in [0.15, 0.2) is 29.2 Å². The number of thioether (sulfide) groups is 1. The zero-order valence-electron chi connectivity index (χ0n) is 13.6. The van der Waals surface area contributed by atoms with E-state index in [1.165, 1.54) is 16.9 Å². The molecule has 2 saturated heterocycles. The lowest BCUT2D eigenvalue weighted by atomic mass is 9.78. The summed E-state index contributed by atoms with van der Waals surface area (Å²) in [7, 11) is 0. The Bertz CT molecular complexity index is 512. The van der Waals surface area contributed by atoms with Gasteiger partial charge in [0.25, 0.3) is 0 Å². The molecule has 1 unspecified atom stereocenters. The molecule has 22 heavy (non-hydrogen) atoms. The quantitative estimate of drug-likeness (QED) is 0.869. The molecule has 0 aliphatic carbocycles. The van der Waals surface area contributed by atoms with E-state index >= 15 is 0 Å². The first-order chi connectivity index (χ1) is 10.6. The molecule has 1 aromatic rings. The number of hydrogen-bond donors (Lipinski definition) is 1. The molecule has 2 aliphatic rings. The van der Waals surface area contributed by atoms with E-state index in [4.69, 9.17) is 0 Å². The van der Waals surface area contributed by atoms with Gasteiger partial charge >= 0.3 is 0 Å². The number of likely N-dealkylation sites (tertiary alicyclic amines) is 1. The topological polar surface area (TPSA) is 32.3 Å². The summed E-state index contributed by atoms with van der Waals surface area (Å²) >= 11 is 1.67. The van der Waals surface area contributed by atoms with E-state index < -0.39 is 0 Å². The predicted octanol–water partition coefficient (Wildman–Crippen LogP) is 3.08. The van der Waals surface area contributed by atoms with Crippen molar-refractivity contribution in [3.8, 4) is 0 Å². The fraction of sp³-hybridized carbons (Fsp3) is 0.611. The van der Waals surface area contributed by atoms with Gasteiger partial charge in [0.15, 0.2) is 0 Å². The van der Waals surface area contributed by atoms with Gasteiger partial charge in [-0.3, -0.25) is 4.79 Å². The lowest BCUT2D eigenvalue weighted by molar-refractivity contribution is -0.132. The molecule has 1 atom stereocenters. The SMILES string of the molecule is Cc1ccc(SC(C)C(=O)N2CCC3(CCNC3)CC2)cc1. The Morgan fingerprint density at radius 2 is 1.91 bits per heavy atom. The Labute approximate surface area is 137 Å². The lowest BCUT2D eigenvalue weighted by Crippen LogP contribution is -2.46. The van der Waals surface area contributed by atoms with Gasteiger partial charge in [-0.25, -0.2) is 0 Å². The molecule has 120 valence electrons. The maximum Gasteiger partial charge on any atom is 0.235 e. The minimum Gasteiger partial charge on any atom is -0.342 e. The third-order valence-electron chi connectivity index (χ3n) is 5.15. The third-order valence-corrected chi connectivity index (χ3v) is 6.25. The van der Waals surface area contributed by atoms with Crippen LogP contribution in [0.1, 0.15) is 31.7 Å². The second kappa shape index (κ2) is 6.63. The molecule has 4 heteroatoms. The summed E-state index contributed by atoms with van der Waals surface area (Å²) in [6.45, 7) is 8.27. The minimum atomic E-state index is -0.00143. The fourth-order valence-corrected chi connectivity index (χ4v) is 4.50. The maximum atomic E-state index is 12.7. The molecule has 1 spiro atoms. The van der Waals surface area contributed by atoms with E-state index in [2.05, 4.69) is 41.4 Å². The van der Waals surface area contributed by atoms with Crippen LogP contribution in [0, 0.1) is 12.3 Å². The van der Waals surface area contributed by atoms with E-state index in [1.54, 1.807) is 11.8 Å². The van der Waals surface area contributed by atoms with Crippen molar-refractivity contribution in [2.75, 3.05) is 26.2 Å². The molecular formula is C18H26N2OS. The molecule has 2 fully saturated rings. The van der Waals surface area contributed by atoms with Gasteiger partial charge < -0.3 is 10.2 Å². The number of nitrogens with one attached hydrogen (secondary N) is 1. The molecule has 0 radical (unpaired) electrons. The van der Waals surface area contributed by atoms with E-state index in [1.807, 2.05) is 6.92 Å². The summed E-state index contributed by atoms with van der Waals surface area (Å²) in [5.74, 6) is 0.298. The zero-order valence-corrected chi connectivity index (χ0v) is 14.4. The van der Waals surface area contributed by atoms with E-state index in [0.29, 0.717) is 11.3 Å². The van der Waals surface area contributed by atoms with Gasteiger partial charge in [-0.1, -0.05) is 17.7 Å². The Hall–Kier alpha value is -1.00. The van der Waals surface area contributed by atoms with Gasteiger partial charge in [-0.05, 0) is 57.2 Å². The van der Waals surface area contributed by atoms with Crippen molar-refractivity contribution >= 4 is 17.7 Å². The van der Waals surface area contributed by atoms with E-state index in [-0.39, 0.29) is 5.25 Å². The average Bonchev–Trinajstić information content (AvgIpc) is 2.98. The first-order valence-electron chi connectivity index (χ1n) is 8.31. The van der Waals surface area contributed by atoms with Crippen LogP contribution in [-0.2, 0) is 4.79 Å². The third kappa shape index (κ3) is 3.49. The second-order valence-corrected chi connectivity index (χ2v) is 8.24. The summed E-state index contributed by atoms with van der Waals surface area (Å²) < 4.78 is 0. The molecule has 1 amide bonds. The van der Waals surface area contributed by atoms with Crippen molar-refractivity contribution in [1.82, 2.24) is 10.2 Å². The summed E-state index contributed by atoms with van der Waals surface area (Å²) in [4.78, 5) is 15.9. The summed E-state index contributed by atoms with van der Waals surface area (Å²) in [6.07, 6.45) is 3.60. The first-order valence-corrected chi connectivity index (χ1v) is 9.19. The number of hydrogen-bond acceptors (Lipinski definition) is 3. The second-order valence-electron chi connectivity index (χ2n) is 6.83. The fourth-order valence-electron chi connectivity index (χ4n) is 3.55. The number of amides is 1. The lowest BCUT2D eigenvalue weighted by Gasteiger charge is -2.39. The van der Waals surface area contributed by atoms with Crippen LogP contribution in [0.5, 0.6) is 0 Å². The van der Waals surface area contributed by atoms with Gasteiger partial charge in [0, 0.05) is 24.5 Å². The Balaban J connectivity index is 1.54. The van der Waals surface area contributed by atoms with Crippen LogP contribution >= 0.6 is 11.8 Å². The molecule has 0 saturated carbocycles. The number of aryl methyl sites for hydroxylation is 1. The number of piperidine rings is 1. The first kappa shape index (κ1) is 15.9. The number of carbonyl (C=O) groups is 1. The van der Waals surface area contributed by atoms with Crippen molar-refractivity contribution < 1.29 is 4.79 Å². The van der Waals surface area contributed by atoms with Crippen molar-refractivity contribution in [3.05, 3.63) is 29.8 Å². The standard InChI is InChI=1S/C18H26N2OS/c1-14-3-5-16(6-4-14)22-15(2)17(21)20-11-8-18(9-12-20)7-10-19-13-18/h3-6,15,19H,7-13H2,1-2H3. The maximum absolute atomic E-state index is 12.7. The highest BCUT2D eigenvalue weighted by atomic mass is 32.2. The van der Waals surface area contributed by atoms with Gasteiger partial charge in [0.05, 0.1) is 5.25 Å². The van der Waals surface area contributed by atoms with Crippen LogP contribution < -0.4 is 5.32 Å². The molecular weight excluding hydrogens is 292 g/mol.